The van der Waals surface area contributed by atoms with Crippen LogP contribution in [0.25, 0.3) is 0 Å². The summed E-state index contributed by atoms with van der Waals surface area (Å²) in [7, 11) is -3.34. The number of rotatable bonds is 18. The molecular formula is C39H42N2O9S. The maximum Gasteiger partial charge on any atom is 0.343 e. The maximum atomic E-state index is 12.9. The number of unbranched alkanes of at least 4 members (excludes halogenated alkanes) is 4. The second-order valence-corrected chi connectivity index (χ2v) is 14.1. The number of esters is 1. The first-order chi connectivity index (χ1) is 24.4. The van der Waals surface area contributed by atoms with Crippen LogP contribution in [0, 0.1) is 0 Å². The number of anilines is 1. The van der Waals surface area contributed by atoms with Gasteiger partial charge in [-0.05, 0) is 90.3 Å². The number of carboxylic acids is 1. The predicted octanol–water partition coefficient (Wildman–Crippen LogP) is 6.27. The number of aliphatic carboxylic acids is 1. The summed E-state index contributed by atoms with van der Waals surface area (Å²) in [4.78, 5) is 50.2. The number of amides is 2. The smallest absolute Gasteiger partial charge is 0.343 e. The molecule has 0 aliphatic heterocycles. The van der Waals surface area contributed by atoms with E-state index in [0.717, 1.165) is 19.1 Å². The zero-order valence-corrected chi connectivity index (χ0v) is 29.4. The summed E-state index contributed by atoms with van der Waals surface area (Å²) >= 11 is 0. The van der Waals surface area contributed by atoms with Gasteiger partial charge >= 0.3 is 11.9 Å². The summed E-state index contributed by atoms with van der Waals surface area (Å²) < 4.78 is 34.5. The van der Waals surface area contributed by atoms with E-state index in [1.807, 2.05) is 0 Å². The molecule has 0 heterocycles. The number of hydrogen-bond donors (Lipinski definition) is 3. The highest BCUT2D eigenvalue weighted by Crippen LogP contribution is 2.19. The first-order valence-corrected chi connectivity index (χ1v) is 18.6. The van der Waals surface area contributed by atoms with Gasteiger partial charge in [-0.2, -0.15) is 0 Å². The molecule has 268 valence electrons. The van der Waals surface area contributed by atoms with E-state index in [9.17, 15) is 32.7 Å². The molecule has 0 aliphatic carbocycles. The van der Waals surface area contributed by atoms with E-state index in [4.69, 9.17) is 9.47 Å². The van der Waals surface area contributed by atoms with E-state index in [-0.39, 0.29) is 35.0 Å². The summed E-state index contributed by atoms with van der Waals surface area (Å²) in [5.74, 6) is -1.76. The Morgan fingerprint density at radius 3 is 1.92 bits per heavy atom. The van der Waals surface area contributed by atoms with Crippen molar-refractivity contribution in [1.29, 1.82) is 0 Å². The highest BCUT2D eigenvalue weighted by atomic mass is 32.2. The Morgan fingerprint density at radius 2 is 1.31 bits per heavy atom. The van der Waals surface area contributed by atoms with Crippen LogP contribution in [0.4, 0.5) is 5.69 Å². The molecule has 0 aliphatic rings. The Labute approximate surface area is 297 Å². The predicted molar refractivity (Wildman–Crippen MR) is 193 cm³/mol. The van der Waals surface area contributed by atoms with Crippen molar-refractivity contribution in [3.8, 4) is 11.5 Å². The number of nitrogens with one attached hydrogen (secondary N) is 2. The van der Waals surface area contributed by atoms with Gasteiger partial charge in [0.2, 0.25) is 5.91 Å². The quantitative estimate of drug-likeness (QED) is 0.0612. The van der Waals surface area contributed by atoms with Gasteiger partial charge in [0.15, 0.2) is 9.84 Å². The lowest BCUT2D eigenvalue weighted by Crippen LogP contribution is -2.42. The molecule has 4 rings (SSSR count). The van der Waals surface area contributed by atoms with Crippen LogP contribution in [-0.4, -0.2) is 56.2 Å². The Hall–Kier alpha value is -5.49. The van der Waals surface area contributed by atoms with E-state index in [1.165, 1.54) is 55.7 Å². The number of benzene rings is 4. The lowest BCUT2D eigenvalue weighted by atomic mass is 10.0. The topological polar surface area (TPSA) is 165 Å². The number of ether oxygens (including phenoxy) is 2. The Kier molecular flexibility index (Phi) is 13.9. The van der Waals surface area contributed by atoms with Crippen molar-refractivity contribution in [2.24, 2.45) is 0 Å². The lowest BCUT2D eigenvalue weighted by molar-refractivity contribution is -0.139. The molecule has 2 amide bonds. The van der Waals surface area contributed by atoms with Crippen molar-refractivity contribution < 1.29 is 42.2 Å². The Balaban J connectivity index is 1.24. The Bertz CT molecular complexity index is 1890. The molecule has 1 unspecified atom stereocenters. The SMILES string of the molecule is CCCCCCCOc1ccc(C(=O)Oc2ccc(CC(NC(=O)c3ccc(NC(=O)Cc4ccc(S(C)(=O)=O)cc4)cc3)C(=O)O)cc2)cc1. The van der Waals surface area contributed by atoms with Gasteiger partial charge < -0.3 is 25.2 Å². The summed E-state index contributed by atoms with van der Waals surface area (Å²) in [5, 5.41) is 15.0. The van der Waals surface area contributed by atoms with Crippen molar-refractivity contribution >= 4 is 39.3 Å². The molecule has 0 aromatic heterocycles. The van der Waals surface area contributed by atoms with Gasteiger partial charge in [0.25, 0.3) is 5.91 Å². The van der Waals surface area contributed by atoms with E-state index in [0.29, 0.717) is 34.7 Å². The van der Waals surface area contributed by atoms with Gasteiger partial charge in [0.1, 0.15) is 17.5 Å². The normalized spacial score (nSPS) is 11.6. The minimum Gasteiger partial charge on any atom is -0.494 e. The molecule has 51 heavy (non-hydrogen) atoms. The first-order valence-electron chi connectivity index (χ1n) is 16.7. The summed E-state index contributed by atoms with van der Waals surface area (Å²) in [6.45, 7) is 2.80. The van der Waals surface area contributed by atoms with Crippen LogP contribution in [0.1, 0.15) is 70.9 Å². The fourth-order valence-corrected chi connectivity index (χ4v) is 5.70. The molecule has 1 atom stereocenters. The highest BCUT2D eigenvalue weighted by molar-refractivity contribution is 7.90. The third-order valence-corrected chi connectivity index (χ3v) is 9.06. The van der Waals surface area contributed by atoms with E-state index in [1.54, 1.807) is 60.7 Å². The van der Waals surface area contributed by atoms with Gasteiger partial charge in [0.05, 0.1) is 23.5 Å². The number of carbonyl (C=O) groups excluding carboxylic acids is 3. The third kappa shape index (κ3) is 12.4. The molecular weight excluding hydrogens is 673 g/mol. The number of carboxylic acid groups (broad SMARTS) is 1. The monoisotopic (exact) mass is 714 g/mol. The molecule has 0 bridgehead atoms. The molecule has 11 nitrogen and oxygen atoms in total. The first kappa shape index (κ1) is 38.3. The largest absolute Gasteiger partial charge is 0.494 e. The second-order valence-electron chi connectivity index (χ2n) is 12.1. The van der Waals surface area contributed by atoms with Crippen molar-refractivity contribution in [1.82, 2.24) is 5.32 Å². The van der Waals surface area contributed by atoms with E-state index >= 15 is 0 Å². The standard InChI is InChI=1S/C39H42N2O9S/c1-3-4-5-6-7-24-49-32-20-14-30(15-21-32)39(46)50-33-18-8-27(9-19-33)25-35(38(44)45)41-37(43)29-12-16-31(17-13-29)40-36(42)26-28-10-22-34(23-11-28)51(2,47)48/h8-23,35H,3-7,24-26H2,1-2H3,(H,40,42)(H,41,43)(H,44,45). The van der Waals surface area contributed by atoms with Gasteiger partial charge in [-0.1, -0.05) is 56.9 Å². The van der Waals surface area contributed by atoms with Crippen LogP contribution in [-0.2, 0) is 32.3 Å². The highest BCUT2D eigenvalue weighted by Gasteiger charge is 2.22. The van der Waals surface area contributed by atoms with Crippen molar-refractivity contribution in [3.63, 3.8) is 0 Å². The van der Waals surface area contributed by atoms with Crippen molar-refractivity contribution in [2.75, 3.05) is 18.2 Å². The fourth-order valence-electron chi connectivity index (χ4n) is 5.07. The average molecular weight is 715 g/mol. The Morgan fingerprint density at radius 1 is 0.725 bits per heavy atom. The molecule has 4 aromatic carbocycles. The fraction of sp³-hybridized carbons (Fsp3) is 0.282. The van der Waals surface area contributed by atoms with Crippen LogP contribution >= 0.6 is 0 Å². The molecule has 0 radical (unpaired) electrons. The summed E-state index contributed by atoms with van der Waals surface area (Å²) in [6.07, 6.45) is 6.82. The molecule has 0 spiro atoms. The van der Waals surface area contributed by atoms with Crippen LogP contribution < -0.4 is 20.1 Å². The zero-order valence-electron chi connectivity index (χ0n) is 28.6. The van der Waals surface area contributed by atoms with Crippen LogP contribution in [0.15, 0.2) is 102 Å². The van der Waals surface area contributed by atoms with Crippen LogP contribution in [0.2, 0.25) is 0 Å². The van der Waals surface area contributed by atoms with Crippen molar-refractivity contribution in [3.05, 3.63) is 119 Å². The van der Waals surface area contributed by atoms with Gasteiger partial charge in [-0.15, -0.1) is 0 Å². The third-order valence-electron chi connectivity index (χ3n) is 7.93. The zero-order chi connectivity index (χ0) is 36.8. The molecule has 0 saturated carbocycles. The molecule has 0 fully saturated rings. The summed E-state index contributed by atoms with van der Waals surface area (Å²) in [6, 6.07) is 23.8. The maximum absolute atomic E-state index is 12.9. The molecule has 12 heteroatoms. The number of sulfone groups is 1. The number of hydrogen-bond acceptors (Lipinski definition) is 8. The van der Waals surface area contributed by atoms with Gasteiger partial charge in [-0.25, -0.2) is 18.0 Å². The van der Waals surface area contributed by atoms with Crippen LogP contribution in [0.5, 0.6) is 11.5 Å². The second kappa shape index (κ2) is 18.5. The van der Waals surface area contributed by atoms with Gasteiger partial charge in [-0.3, -0.25) is 9.59 Å². The van der Waals surface area contributed by atoms with Crippen molar-refractivity contribution in [2.45, 2.75) is 62.8 Å². The van der Waals surface area contributed by atoms with E-state index in [2.05, 4.69) is 17.6 Å². The minimum atomic E-state index is -3.34. The number of carbonyl (C=O) groups is 4. The van der Waals surface area contributed by atoms with E-state index < -0.39 is 33.7 Å². The molecule has 4 aromatic rings. The van der Waals surface area contributed by atoms with Gasteiger partial charge in [0, 0.05) is 23.9 Å². The average Bonchev–Trinajstić information content (AvgIpc) is 3.10. The lowest BCUT2D eigenvalue weighted by Gasteiger charge is -2.15. The van der Waals surface area contributed by atoms with Crippen LogP contribution in [0.3, 0.4) is 0 Å². The molecule has 0 saturated heterocycles. The molecule has 3 N–H and O–H groups in total. The summed E-state index contributed by atoms with van der Waals surface area (Å²) in [5.41, 5.74) is 2.20. The minimum absolute atomic E-state index is 0.0129.